The van der Waals surface area contributed by atoms with Gasteiger partial charge in [-0.15, -0.1) is 24.0 Å². The van der Waals surface area contributed by atoms with E-state index in [9.17, 15) is 13.2 Å². The van der Waals surface area contributed by atoms with Gasteiger partial charge in [0, 0.05) is 51.8 Å². The Kier molecular flexibility index (Phi) is 10.8. The third-order valence-electron chi connectivity index (χ3n) is 4.57. The summed E-state index contributed by atoms with van der Waals surface area (Å²) in [6, 6.07) is 10.2. The van der Waals surface area contributed by atoms with Crippen molar-refractivity contribution >= 4 is 45.7 Å². The number of carbonyl (C=O) groups excluding carboxylic acids is 1. The van der Waals surface area contributed by atoms with Crippen molar-refractivity contribution in [3.05, 3.63) is 35.9 Å². The summed E-state index contributed by atoms with van der Waals surface area (Å²) in [5.74, 6) is 1.25. The van der Waals surface area contributed by atoms with Gasteiger partial charge in [0.25, 0.3) is 0 Å². The van der Waals surface area contributed by atoms with Gasteiger partial charge in [-0.2, -0.15) is 0 Å². The summed E-state index contributed by atoms with van der Waals surface area (Å²) in [4.78, 5) is 18.3. The van der Waals surface area contributed by atoms with Gasteiger partial charge in [0.15, 0.2) is 5.96 Å². The predicted octanol–water partition coefficient (Wildman–Crippen LogP) is 1.30. The molecule has 1 atom stereocenters. The molecule has 1 aliphatic rings. The summed E-state index contributed by atoms with van der Waals surface area (Å²) < 4.78 is 22.3. The van der Waals surface area contributed by atoms with E-state index in [1.165, 1.54) is 11.8 Å². The van der Waals surface area contributed by atoms with Crippen LogP contribution >= 0.6 is 24.0 Å². The molecule has 0 radical (unpaired) electrons. The number of rotatable bonds is 9. The largest absolute Gasteiger partial charge is 0.356 e. The first kappa shape index (κ1) is 24.7. The lowest BCUT2D eigenvalue weighted by Crippen LogP contribution is -2.41. The second-order valence-corrected chi connectivity index (χ2v) is 9.27. The minimum Gasteiger partial charge on any atom is -0.356 e. The smallest absolute Gasteiger partial charge is 0.223 e. The molecule has 1 unspecified atom stereocenters. The number of benzene rings is 1. The zero-order chi connectivity index (χ0) is 19.7. The number of likely N-dealkylation sites (tertiary alicyclic amines) is 1. The number of guanidine groups is 1. The Balaban J connectivity index is 0.00000392. The Labute approximate surface area is 185 Å². The lowest BCUT2D eigenvalue weighted by atomic mass is 10.1. The molecular formula is C19H31IN4O3S. The average molecular weight is 522 g/mol. The van der Waals surface area contributed by atoms with Crippen molar-refractivity contribution in [2.45, 2.75) is 19.3 Å². The number of nitrogens with zero attached hydrogens (tertiary/aromatic N) is 2. The summed E-state index contributed by atoms with van der Waals surface area (Å²) in [6.45, 7) is 2.71. The molecule has 1 heterocycles. The fourth-order valence-electron chi connectivity index (χ4n) is 3.12. The maximum atomic E-state index is 12.2. The van der Waals surface area contributed by atoms with Gasteiger partial charge >= 0.3 is 0 Å². The molecule has 1 aromatic carbocycles. The third kappa shape index (κ3) is 9.22. The molecule has 0 bridgehead atoms. The molecule has 1 fully saturated rings. The molecular weight excluding hydrogens is 491 g/mol. The van der Waals surface area contributed by atoms with Gasteiger partial charge in [0.1, 0.15) is 9.84 Å². The Hall–Kier alpha value is -1.36. The molecule has 1 aliphatic heterocycles. The Morgan fingerprint density at radius 1 is 1.25 bits per heavy atom. The summed E-state index contributed by atoms with van der Waals surface area (Å²) in [6.07, 6.45) is 3.19. The number of amides is 1. The van der Waals surface area contributed by atoms with Crippen LogP contribution in [0, 0.1) is 5.92 Å². The van der Waals surface area contributed by atoms with E-state index in [2.05, 4.69) is 27.8 Å². The second kappa shape index (κ2) is 12.3. The van der Waals surface area contributed by atoms with Crippen LogP contribution < -0.4 is 10.6 Å². The fourth-order valence-corrected chi connectivity index (χ4v) is 3.79. The normalized spacial score (nSPS) is 17.4. The van der Waals surface area contributed by atoms with Crippen molar-refractivity contribution in [2.75, 3.05) is 45.2 Å². The van der Waals surface area contributed by atoms with Gasteiger partial charge in [-0.05, 0) is 18.4 Å². The number of halogens is 1. The Bertz CT molecular complexity index is 741. The summed E-state index contributed by atoms with van der Waals surface area (Å²) in [5, 5.41) is 6.35. The highest BCUT2D eigenvalue weighted by molar-refractivity contribution is 14.0. The first-order valence-corrected chi connectivity index (χ1v) is 11.4. The molecule has 2 N–H and O–H groups in total. The van der Waals surface area contributed by atoms with Gasteiger partial charge in [-0.3, -0.25) is 9.79 Å². The molecule has 28 heavy (non-hydrogen) atoms. The maximum Gasteiger partial charge on any atom is 0.223 e. The SMILES string of the molecule is CN=C(NCCCS(C)(=O)=O)NCC1CC(=O)N(CCc2ccccc2)C1.I. The standard InChI is InChI=1S/C19H30N4O3S.HI/c1-20-19(21-10-6-12-27(2,25)26)22-14-17-13-18(24)23(15-17)11-9-16-7-4-3-5-8-16;/h3-5,7-8,17H,6,9-15H2,1-2H3,(H2,20,21,22);1H. The first-order chi connectivity index (χ1) is 12.9. The molecule has 1 saturated heterocycles. The van der Waals surface area contributed by atoms with Crippen molar-refractivity contribution in [3.8, 4) is 0 Å². The third-order valence-corrected chi connectivity index (χ3v) is 5.60. The highest BCUT2D eigenvalue weighted by atomic mass is 127. The highest BCUT2D eigenvalue weighted by Crippen LogP contribution is 2.17. The molecule has 0 spiro atoms. The summed E-state index contributed by atoms with van der Waals surface area (Å²) >= 11 is 0. The maximum absolute atomic E-state index is 12.2. The number of nitrogens with one attached hydrogen (secondary N) is 2. The van der Waals surface area contributed by atoms with Crippen LogP contribution in [0.4, 0.5) is 0 Å². The summed E-state index contributed by atoms with van der Waals surface area (Å²) in [5.41, 5.74) is 1.24. The molecule has 9 heteroatoms. The van der Waals surface area contributed by atoms with Crippen LogP contribution in [0.15, 0.2) is 35.3 Å². The van der Waals surface area contributed by atoms with Crippen molar-refractivity contribution in [3.63, 3.8) is 0 Å². The number of carbonyl (C=O) groups is 1. The van der Waals surface area contributed by atoms with Crippen molar-refractivity contribution in [2.24, 2.45) is 10.9 Å². The van der Waals surface area contributed by atoms with Gasteiger partial charge in [-0.1, -0.05) is 30.3 Å². The van der Waals surface area contributed by atoms with Crippen LogP contribution in [-0.4, -0.2) is 70.4 Å². The number of sulfone groups is 1. The molecule has 1 amide bonds. The lowest BCUT2D eigenvalue weighted by molar-refractivity contribution is -0.127. The molecule has 1 aromatic rings. The average Bonchev–Trinajstić information content (AvgIpc) is 2.99. The minimum atomic E-state index is -2.94. The van der Waals surface area contributed by atoms with Crippen LogP contribution in [0.3, 0.4) is 0 Å². The quantitative estimate of drug-likeness (QED) is 0.221. The van der Waals surface area contributed by atoms with Gasteiger partial charge in [-0.25, -0.2) is 8.42 Å². The fraction of sp³-hybridized carbons (Fsp3) is 0.579. The van der Waals surface area contributed by atoms with E-state index in [1.54, 1.807) is 7.05 Å². The molecule has 0 saturated carbocycles. The van der Waals surface area contributed by atoms with E-state index in [0.717, 1.165) is 19.5 Å². The molecule has 7 nitrogen and oxygen atoms in total. The van der Waals surface area contributed by atoms with E-state index < -0.39 is 9.84 Å². The number of hydrogen-bond donors (Lipinski definition) is 2. The van der Waals surface area contributed by atoms with E-state index in [4.69, 9.17) is 0 Å². The molecule has 0 aromatic heterocycles. The Morgan fingerprint density at radius 2 is 1.96 bits per heavy atom. The molecule has 0 aliphatic carbocycles. The number of aliphatic imine (C=N–C) groups is 1. The summed E-state index contributed by atoms with van der Waals surface area (Å²) in [7, 11) is -1.26. The van der Waals surface area contributed by atoms with Crippen LogP contribution in [0.2, 0.25) is 0 Å². The van der Waals surface area contributed by atoms with Crippen molar-refractivity contribution < 1.29 is 13.2 Å². The highest BCUT2D eigenvalue weighted by Gasteiger charge is 2.29. The zero-order valence-corrected chi connectivity index (χ0v) is 19.7. The van der Waals surface area contributed by atoms with Crippen molar-refractivity contribution in [1.29, 1.82) is 0 Å². The zero-order valence-electron chi connectivity index (χ0n) is 16.6. The monoisotopic (exact) mass is 522 g/mol. The van der Waals surface area contributed by atoms with Gasteiger partial charge < -0.3 is 15.5 Å². The van der Waals surface area contributed by atoms with Crippen LogP contribution in [0.1, 0.15) is 18.4 Å². The van der Waals surface area contributed by atoms with E-state index >= 15 is 0 Å². The first-order valence-electron chi connectivity index (χ1n) is 9.31. The van der Waals surface area contributed by atoms with Crippen molar-refractivity contribution in [1.82, 2.24) is 15.5 Å². The van der Waals surface area contributed by atoms with Crippen LogP contribution in [0.25, 0.3) is 0 Å². The van der Waals surface area contributed by atoms with Crippen LogP contribution in [0.5, 0.6) is 0 Å². The van der Waals surface area contributed by atoms with Gasteiger partial charge in [0.2, 0.25) is 5.91 Å². The molecule has 2 rings (SSSR count). The number of hydrogen-bond acceptors (Lipinski definition) is 4. The Morgan fingerprint density at radius 3 is 2.61 bits per heavy atom. The van der Waals surface area contributed by atoms with Gasteiger partial charge in [0.05, 0.1) is 5.75 Å². The van der Waals surface area contributed by atoms with E-state index in [1.807, 2.05) is 23.1 Å². The predicted molar refractivity (Wildman–Crippen MR) is 124 cm³/mol. The van der Waals surface area contributed by atoms with E-state index in [0.29, 0.717) is 31.9 Å². The minimum absolute atomic E-state index is 0. The van der Waals surface area contributed by atoms with E-state index in [-0.39, 0.29) is 41.6 Å². The molecule has 158 valence electrons. The van der Waals surface area contributed by atoms with Crippen LogP contribution in [-0.2, 0) is 21.1 Å². The lowest BCUT2D eigenvalue weighted by Gasteiger charge is -2.18. The topological polar surface area (TPSA) is 90.9 Å². The second-order valence-electron chi connectivity index (χ2n) is 7.01.